The SMILES string of the molecule is CC(=O)c1ccc(C(=O)Nc2ccccc2C(C)O)cc1. The maximum atomic E-state index is 12.2. The molecule has 0 bridgehead atoms. The summed E-state index contributed by atoms with van der Waals surface area (Å²) in [6.07, 6.45) is -0.665. The van der Waals surface area contributed by atoms with Gasteiger partial charge in [-0.3, -0.25) is 9.59 Å². The maximum Gasteiger partial charge on any atom is 0.255 e. The molecule has 0 radical (unpaired) electrons. The molecule has 2 rings (SSSR count). The van der Waals surface area contributed by atoms with Crippen molar-refractivity contribution < 1.29 is 14.7 Å². The zero-order valence-electron chi connectivity index (χ0n) is 12.0. The van der Waals surface area contributed by atoms with Crippen molar-refractivity contribution in [3.05, 3.63) is 65.2 Å². The van der Waals surface area contributed by atoms with Gasteiger partial charge in [0.25, 0.3) is 5.91 Å². The molecule has 0 saturated carbocycles. The van der Waals surface area contributed by atoms with E-state index in [0.29, 0.717) is 22.4 Å². The van der Waals surface area contributed by atoms with Gasteiger partial charge in [0, 0.05) is 22.4 Å². The van der Waals surface area contributed by atoms with Gasteiger partial charge in [-0.1, -0.05) is 30.3 Å². The van der Waals surface area contributed by atoms with Gasteiger partial charge in [0.2, 0.25) is 0 Å². The van der Waals surface area contributed by atoms with Crippen LogP contribution in [0.1, 0.15) is 46.2 Å². The zero-order chi connectivity index (χ0) is 15.4. The zero-order valence-corrected chi connectivity index (χ0v) is 12.0. The average molecular weight is 283 g/mol. The number of aliphatic hydroxyl groups is 1. The van der Waals surface area contributed by atoms with Gasteiger partial charge in [0.05, 0.1) is 6.10 Å². The van der Waals surface area contributed by atoms with Crippen LogP contribution in [0.4, 0.5) is 5.69 Å². The summed E-state index contributed by atoms with van der Waals surface area (Å²) in [5, 5.41) is 12.5. The van der Waals surface area contributed by atoms with Crippen LogP contribution in [0, 0.1) is 0 Å². The Balaban J connectivity index is 2.20. The number of hydrogen-bond acceptors (Lipinski definition) is 3. The van der Waals surface area contributed by atoms with E-state index in [0.717, 1.165) is 0 Å². The molecule has 21 heavy (non-hydrogen) atoms. The highest BCUT2D eigenvalue weighted by atomic mass is 16.3. The first-order chi connectivity index (χ1) is 9.99. The first kappa shape index (κ1) is 14.9. The lowest BCUT2D eigenvalue weighted by Gasteiger charge is -2.13. The van der Waals surface area contributed by atoms with Gasteiger partial charge in [0.15, 0.2) is 5.78 Å². The van der Waals surface area contributed by atoms with E-state index < -0.39 is 6.10 Å². The van der Waals surface area contributed by atoms with E-state index in [1.54, 1.807) is 55.5 Å². The molecule has 4 nitrogen and oxygen atoms in total. The smallest absolute Gasteiger partial charge is 0.255 e. The van der Waals surface area contributed by atoms with E-state index in [4.69, 9.17) is 0 Å². The molecule has 0 saturated heterocycles. The summed E-state index contributed by atoms with van der Waals surface area (Å²) in [4.78, 5) is 23.4. The Morgan fingerprint density at radius 3 is 2.14 bits per heavy atom. The summed E-state index contributed by atoms with van der Waals surface area (Å²) in [6.45, 7) is 3.13. The van der Waals surface area contributed by atoms with Crippen molar-refractivity contribution in [2.75, 3.05) is 5.32 Å². The molecular formula is C17H17NO3. The minimum Gasteiger partial charge on any atom is -0.389 e. The number of benzene rings is 2. The first-order valence-corrected chi connectivity index (χ1v) is 6.68. The summed E-state index contributed by atoms with van der Waals surface area (Å²) < 4.78 is 0. The summed E-state index contributed by atoms with van der Waals surface area (Å²) in [7, 11) is 0. The van der Waals surface area contributed by atoms with Gasteiger partial charge in [-0.05, 0) is 32.0 Å². The lowest BCUT2D eigenvalue weighted by atomic mass is 10.1. The number of Topliss-reactive ketones (excluding diaryl/α,β-unsaturated/α-hetero) is 1. The van der Waals surface area contributed by atoms with Crippen LogP contribution in [0.3, 0.4) is 0 Å². The van der Waals surface area contributed by atoms with E-state index in [9.17, 15) is 14.7 Å². The molecule has 108 valence electrons. The molecule has 2 N–H and O–H groups in total. The van der Waals surface area contributed by atoms with Crippen molar-refractivity contribution >= 4 is 17.4 Å². The number of nitrogens with one attached hydrogen (secondary N) is 1. The van der Waals surface area contributed by atoms with Crippen molar-refractivity contribution in [2.45, 2.75) is 20.0 Å². The van der Waals surface area contributed by atoms with Crippen LogP contribution in [0.25, 0.3) is 0 Å². The molecule has 0 aliphatic heterocycles. The molecular weight excluding hydrogens is 266 g/mol. The van der Waals surface area contributed by atoms with Crippen LogP contribution in [0.2, 0.25) is 0 Å². The minimum absolute atomic E-state index is 0.0404. The van der Waals surface area contributed by atoms with Crippen molar-refractivity contribution in [2.24, 2.45) is 0 Å². The van der Waals surface area contributed by atoms with Crippen LogP contribution in [0.5, 0.6) is 0 Å². The predicted molar refractivity (Wildman–Crippen MR) is 81.5 cm³/mol. The summed E-state index contributed by atoms with van der Waals surface area (Å²) in [6, 6.07) is 13.6. The van der Waals surface area contributed by atoms with Crippen molar-refractivity contribution in [1.82, 2.24) is 0 Å². The molecule has 2 aromatic carbocycles. The third-order valence-electron chi connectivity index (χ3n) is 3.21. The number of aliphatic hydroxyl groups excluding tert-OH is 1. The van der Waals surface area contributed by atoms with Gasteiger partial charge >= 0.3 is 0 Å². The number of carbonyl (C=O) groups excluding carboxylic acids is 2. The molecule has 1 amide bonds. The molecule has 0 heterocycles. The van der Waals surface area contributed by atoms with Gasteiger partial charge in [-0.25, -0.2) is 0 Å². The second kappa shape index (κ2) is 6.33. The Bertz CT molecular complexity index is 660. The van der Waals surface area contributed by atoms with Crippen LogP contribution >= 0.6 is 0 Å². The number of ketones is 1. The number of hydrogen-bond donors (Lipinski definition) is 2. The van der Waals surface area contributed by atoms with Crippen LogP contribution < -0.4 is 5.32 Å². The quantitative estimate of drug-likeness (QED) is 0.847. The second-order valence-electron chi connectivity index (χ2n) is 4.85. The highest BCUT2D eigenvalue weighted by molar-refractivity contribution is 6.05. The Morgan fingerprint density at radius 1 is 1.00 bits per heavy atom. The molecule has 0 aromatic heterocycles. The fourth-order valence-electron chi connectivity index (χ4n) is 2.03. The van der Waals surface area contributed by atoms with E-state index >= 15 is 0 Å². The Labute approximate surface area is 123 Å². The lowest BCUT2D eigenvalue weighted by Crippen LogP contribution is -2.14. The molecule has 1 unspecified atom stereocenters. The maximum absolute atomic E-state index is 12.2. The molecule has 0 aliphatic rings. The van der Waals surface area contributed by atoms with Crippen LogP contribution in [-0.2, 0) is 0 Å². The van der Waals surface area contributed by atoms with Crippen LogP contribution in [-0.4, -0.2) is 16.8 Å². The molecule has 2 aromatic rings. The Kier molecular flexibility index (Phi) is 4.50. The fourth-order valence-corrected chi connectivity index (χ4v) is 2.03. The van der Waals surface area contributed by atoms with E-state index in [1.807, 2.05) is 0 Å². The van der Waals surface area contributed by atoms with Crippen molar-refractivity contribution in [3.63, 3.8) is 0 Å². The standard InChI is InChI=1S/C17H17NO3/c1-11(19)13-7-9-14(10-8-13)17(21)18-16-6-4-3-5-15(16)12(2)20/h3-10,12,20H,1-2H3,(H,18,21). The third-order valence-corrected chi connectivity index (χ3v) is 3.21. The van der Waals surface area contributed by atoms with Gasteiger partial charge in [0.1, 0.15) is 0 Å². The third kappa shape index (κ3) is 3.55. The number of carbonyl (C=O) groups is 2. The number of anilines is 1. The lowest BCUT2D eigenvalue weighted by molar-refractivity contribution is 0.100. The van der Waals surface area contributed by atoms with Gasteiger partial charge in [-0.2, -0.15) is 0 Å². The fraction of sp³-hybridized carbons (Fsp3) is 0.176. The topological polar surface area (TPSA) is 66.4 Å². The molecule has 0 spiro atoms. The van der Waals surface area contributed by atoms with E-state index in [2.05, 4.69) is 5.32 Å². The number of para-hydroxylation sites is 1. The largest absolute Gasteiger partial charge is 0.389 e. The monoisotopic (exact) mass is 283 g/mol. The highest BCUT2D eigenvalue weighted by Gasteiger charge is 2.11. The summed E-state index contributed by atoms with van der Waals surface area (Å²) in [5.74, 6) is -0.320. The summed E-state index contributed by atoms with van der Waals surface area (Å²) in [5.41, 5.74) is 2.26. The molecule has 0 aliphatic carbocycles. The normalized spacial score (nSPS) is 11.8. The Hall–Kier alpha value is -2.46. The second-order valence-corrected chi connectivity index (χ2v) is 4.85. The Morgan fingerprint density at radius 2 is 1.57 bits per heavy atom. The molecule has 1 atom stereocenters. The molecule has 4 heteroatoms. The van der Waals surface area contributed by atoms with Crippen LogP contribution in [0.15, 0.2) is 48.5 Å². The highest BCUT2D eigenvalue weighted by Crippen LogP contribution is 2.22. The van der Waals surface area contributed by atoms with Crippen molar-refractivity contribution in [1.29, 1.82) is 0 Å². The minimum atomic E-state index is -0.665. The van der Waals surface area contributed by atoms with Gasteiger partial charge in [-0.15, -0.1) is 0 Å². The van der Waals surface area contributed by atoms with Gasteiger partial charge < -0.3 is 10.4 Å². The number of rotatable bonds is 4. The summed E-state index contributed by atoms with van der Waals surface area (Å²) >= 11 is 0. The predicted octanol–water partition coefficient (Wildman–Crippen LogP) is 3.19. The average Bonchev–Trinajstić information content (AvgIpc) is 2.47. The molecule has 0 fully saturated rings. The first-order valence-electron chi connectivity index (χ1n) is 6.68. The van der Waals surface area contributed by atoms with E-state index in [-0.39, 0.29) is 11.7 Å². The van der Waals surface area contributed by atoms with E-state index in [1.165, 1.54) is 6.92 Å². The number of amides is 1. The van der Waals surface area contributed by atoms with Crippen molar-refractivity contribution in [3.8, 4) is 0 Å².